The number of rotatable bonds is 6. The van der Waals surface area contributed by atoms with E-state index >= 15 is 0 Å². The highest BCUT2D eigenvalue weighted by molar-refractivity contribution is 6.04. The summed E-state index contributed by atoms with van der Waals surface area (Å²) in [6, 6.07) is 9.90. The Morgan fingerprint density at radius 2 is 1.92 bits per heavy atom. The molecule has 0 aliphatic rings. The smallest absolute Gasteiger partial charge is 0.274 e. The fraction of sp³-hybridized carbons (Fsp3) is 0.400. The van der Waals surface area contributed by atoms with E-state index < -0.39 is 0 Å². The SMILES string of the molecule is CCN(CC)c1ccnc(C(=O)Nc2c(C)cccc2C(C)C)c1. The summed E-state index contributed by atoms with van der Waals surface area (Å²) < 4.78 is 0. The molecular weight excluding hydrogens is 298 g/mol. The van der Waals surface area contributed by atoms with Crippen LogP contribution in [0.4, 0.5) is 11.4 Å². The fourth-order valence-corrected chi connectivity index (χ4v) is 2.85. The molecule has 1 aromatic heterocycles. The maximum atomic E-state index is 12.7. The summed E-state index contributed by atoms with van der Waals surface area (Å²) >= 11 is 0. The molecular formula is C20H27N3O. The molecule has 0 saturated heterocycles. The molecule has 0 aliphatic heterocycles. The lowest BCUT2D eigenvalue weighted by Gasteiger charge is -2.21. The molecule has 1 N–H and O–H groups in total. The van der Waals surface area contributed by atoms with Crippen molar-refractivity contribution in [2.75, 3.05) is 23.3 Å². The highest BCUT2D eigenvalue weighted by Gasteiger charge is 2.15. The summed E-state index contributed by atoms with van der Waals surface area (Å²) in [6.45, 7) is 12.3. The van der Waals surface area contributed by atoms with Crippen LogP contribution in [0, 0.1) is 6.92 Å². The van der Waals surface area contributed by atoms with Gasteiger partial charge >= 0.3 is 0 Å². The molecule has 1 amide bonds. The molecule has 0 atom stereocenters. The van der Waals surface area contributed by atoms with E-state index in [1.165, 1.54) is 0 Å². The van der Waals surface area contributed by atoms with Crippen LogP contribution in [0.2, 0.25) is 0 Å². The third kappa shape index (κ3) is 3.94. The zero-order chi connectivity index (χ0) is 17.7. The number of nitrogens with one attached hydrogen (secondary N) is 1. The van der Waals surface area contributed by atoms with Gasteiger partial charge in [0.1, 0.15) is 5.69 Å². The molecule has 0 aliphatic carbocycles. The summed E-state index contributed by atoms with van der Waals surface area (Å²) in [5, 5.41) is 3.06. The Kier molecular flexibility index (Phi) is 5.96. The summed E-state index contributed by atoms with van der Waals surface area (Å²) in [7, 11) is 0. The molecule has 128 valence electrons. The van der Waals surface area contributed by atoms with Crippen molar-refractivity contribution in [3.63, 3.8) is 0 Å². The van der Waals surface area contributed by atoms with Crippen molar-refractivity contribution in [3.05, 3.63) is 53.3 Å². The molecule has 2 rings (SSSR count). The van der Waals surface area contributed by atoms with Crippen molar-refractivity contribution in [3.8, 4) is 0 Å². The number of hydrogen-bond donors (Lipinski definition) is 1. The molecule has 4 nitrogen and oxygen atoms in total. The number of aromatic nitrogens is 1. The highest BCUT2D eigenvalue weighted by Crippen LogP contribution is 2.28. The van der Waals surface area contributed by atoms with E-state index in [0.717, 1.165) is 35.6 Å². The standard InChI is InChI=1S/C20H27N3O/c1-6-23(7-2)16-11-12-21-18(13-16)20(24)22-19-15(5)9-8-10-17(19)14(3)4/h8-14H,6-7H2,1-5H3,(H,22,24). The molecule has 0 saturated carbocycles. The van der Waals surface area contributed by atoms with Gasteiger partial charge in [0.05, 0.1) is 0 Å². The number of hydrogen-bond acceptors (Lipinski definition) is 3. The third-order valence-corrected chi connectivity index (χ3v) is 4.27. The van der Waals surface area contributed by atoms with Crippen LogP contribution >= 0.6 is 0 Å². The molecule has 1 heterocycles. The monoisotopic (exact) mass is 325 g/mol. The average molecular weight is 325 g/mol. The first-order valence-electron chi connectivity index (χ1n) is 8.59. The van der Waals surface area contributed by atoms with Gasteiger partial charge in [0.15, 0.2) is 0 Å². The predicted molar refractivity (Wildman–Crippen MR) is 101 cm³/mol. The van der Waals surface area contributed by atoms with E-state index in [2.05, 4.69) is 49.0 Å². The Balaban J connectivity index is 2.30. The van der Waals surface area contributed by atoms with Gasteiger partial charge in [-0.1, -0.05) is 32.0 Å². The predicted octanol–water partition coefficient (Wildman–Crippen LogP) is 4.61. The lowest BCUT2D eigenvalue weighted by Crippen LogP contribution is -2.23. The van der Waals surface area contributed by atoms with Crippen molar-refractivity contribution in [2.45, 2.75) is 40.5 Å². The van der Waals surface area contributed by atoms with Crippen molar-refractivity contribution in [1.29, 1.82) is 0 Å². The lowest BCUT2D eigenvalue weighted by atomic mass is 9.98. The van der Waals surface area contributed by atoms with Gasteiger partial charge in [0.2, 0.25) is 0 Å². The molecule has 4 heteroatoms. The van der Waals surface area contributed by atoms with Gasteiger partial charge in [0.25, 0.3) is 5.91 Å². The second kappa shape index (κ2) is 7.95. The minimum atomic E-state index is -0.166. The van der Waals surface area contributed by atoms with Crippen molar-refractivity contribution < 1.29 is 4.79 Å². The van der Waals surface area contributed by atoms with E-state index in [1.807, 2.05) is 31.2 Å². The summed E-state index contributed by atoms with van der Waals surface area (Å²) in [6.07, 6.45) is 1.70. The van der Waals surface area contributed by atoms with E-state index in [9.17, 15) is 4.79 Å². The van der Waals surface area contributed by atoms with Gasteiger partial charge in [-0.2, -0.15) is 0 Å². The minimum absolute atomic E-state index is 0.166. The zero-order valence-electron chi connectivity index (χ0n) is 15.3. The van der Waals surface area contributed by atoms with Crippen LogP contribution in [-0.4, -0.2) is 24.0 Å². The fourth-order valence-electron chi connectivity index (χ4n) is 2.85. The summed E-state index contributed by atoms with van der Waals surface area (Å²) in [5.74, 6) is 0.176. The Hall–Kier alpha value is -2.36. The van der Waals surface area contributed by atoms with Crippen LogP contribution < -0.4 is 10.2 Å². The van der Waals surface area contributed by atoms with E-state index in [4.69, 9.17) is 0 Å². The first-order chi connectivity index (χ1) is 11.5. The van der Waals surface area contributed by atoms with Crippen LogP contribution in [0.25, 0.3) is 0 Å². The summed E-state index contributed by atoms with van der Waals surface area (Å²) in [5.41, 5.74) is 4.57. The Bertz CT molecular complexity index is 706. The maximum Gasteiger partial charge on any atom is 0.274 e. The third-order valence-electron chi connectivity index (χ3n) is 4.27. The van der Waals surface area contributed by atoms with Gasteiger partial charge in [-0.15, -0.1) is 0 Å². The van der Waals surface area contributed by atoms with Crippen LogP contribution in [0.1, 0.15) is 55.2 Å². The molecule has 0 radical (unpaired) electrons. The minimum Gasteiger partial charge on any atom is -0.372 e. The molecule has 0 fully saturated rings. The van der Waals surface area contributed by atoms with Gasteiger partial charge in [0, 0.05) is 30.7 Å². The topological polar surface area (TPSA) is 45.2 Å². The van der Waals surface area contributed by atoms with E-state index in [0.29, 0.717) is 11.6 Å². The number of pyridine rings is 1. The Labute approximate surface area is 144 Å². The van der Waals surface area contributed by atoms with Crippen LogP contribution in [0.5, 0.6) is 0 Å². The van der Waals surface area contributed by atoms with Crippen molar-refractivity contribution in [1.82, 2.24) is 4.98 Å². The first kappa shape index (κ1) is 18.0. The van der Waals surface area contributed by atoms with Crippen molar-refractivity contribution in [2.24, 2.45) is 0 Å². The number of benzene rings is 1. The highest BCUT2D eigenvalue weighted by atomic mass is 16.1. The van der Waals surface area contributed by atoms with Crippen molar-refractivity contribution >= 4 is 17.3 Å². The second-order valence-corrected chi connectivity index (χ2v) is 6.22. The normalized spacial score (nSPS) is 10.8. The number of carbonyl (C=O) groups excluding carboxylic acids is 1. The first-order valence-corrected chi connectivity index (χ1v) is 8.59. The molecule has 2 aromatic rings. The Morgan fingerprint density at radius 1 is 1.21 bits per heavy atom. The lowest BCUT2D eigenvalue weighted by molar-refractivity contribution is 0.102. The average Bonchev–Trinajstić information content (AvgIpc) is 2.57. The summed E-state index contributed by atoms with van der Waals surface area (Å²) in [4.78, 5) is 19.2. The molecule has 24 heavy (non-hydrogen) atoms. The zero-order valence-corrected chi connectivity index (χ0v) is 15.3. The number of anilines is 2. The number of para-hydroxylation sites is 1. The Morgan fingerprint density at radius 3 is 2.54 bits per heavy atom. The number of nitrogens with zero attached hydrogens (tertiary/aromatic N) is 2. The molecule has 0 unspecified atom stereocenters. The number of amides is 1. The van der Waals surface area contributed by atoms with Gasteiger partial charge in [-0.3, -0.25) is 9.78 Å². The van der Waals surface area contributed by atoms with Crippen LogP contribution in [0.3, 0.4) is 0 Å². The molecule has 0 bridgehead atoms. The largest absolute Gasteiger partial charge is 0.372 e. The number of carbonyl (C=O) groups is 1. The van der Waals surface area contributed by atoms with Crippen LogP contribution in [0.15, 0.2) is 36.5 Å². The quantitative estimate of drug-likeness (QED) is 0.843. The second-order valence-electron chi connectivity index (χ2n) is 6.22. The maximum absolute atomic E-state index is 12.7. The van der Waals surface area contributed by atoms with Crippen LogP contribution in [-0.2, 0) is 0 Å². The number of aryl methyl sites for hydroxylation is 1. The van der Waals surface area contributed by atoms with Gasteiger partial charge < -0.3 is 10.2 Å². The van der Waals surface area contributed by atoms with E-state index in [-0.39, 0.29) is 5.91 Å². The molecule has 0 spiro atoms. The van der Waals surface area contributed by atoms with E-state index in [1.54, 1.807) is 6.20 Å². The molecule has 1 aromatic carbocycles. The van der Waals surface area contributed by atoms with Gasteiger partial charge in [-0.05, 0) is 49.9 Å². The van der Waals surface area contributed by atoms with Gasteiger partial charge in [-0.25, -0.2) is 0 Å².